The van der Waals surface area contributed by atoms with Crippen LogP contribution in [0.1, 0.15) is 55.4 Å². The molecule has 0 radical (unpaired) electrons. The van der Waals surface area contributed by atoms with Crippen LogP contribution >= 0.6 is 8.58 Å². The zero-order valence-corrected chi connectivity index (χ0v) is 17.0. The summed E-state index contributed by atoms with van der Waals surface area (Å²) in [5, 5.41) is 18.4. The van der Waals surface area contributed by atoms with Gasteiger partial charge in [-0.25, -0.2) is 0 Å². The van der Waals surface area contributed by atoms with Crippen molar-refractivity contribution >= 4 is 8.58 Å². The number of nitrogens with zero attached hydrogens (tertiary/aromatic N) is 2. The highest BCUT2D eigenvalue weighted by Crippen LogP contribution is 2.59. The van der Waals surface area contributed by atoms with E-state index in [-0.39, 0.29) is 34.0 Å². The van der Waals surface area contributed by atoms with Gasteiger partial charge in [0.05, 0.1) is 12.1 Å². The maximum atomic E-state index is 9.57. The third kappa shape index (κ3) is 3.88. The lowest BCUT2D eigenvalue weighted by atomic mass is 9.78. The lowest BCUT2D eigenvalue weighted by molar-refractivity contribution is 0.266. The standard InChI is InChI=1S/C18H35N4P/c1-11(2)17(12(3)4,15(21)9-19)23-18(13(5)6,14(7)8)16(22)10-20/h11-16,23H,21-22H2,1-8H3. The molecule has 132 valence electrons. The van der Waals surface area contributed by atoms with Gasteiger partial charge in [-0.1, -0.05) is 55.4 Å². The molecule has 0 aromatic heterocycles. The molecular weight excluding hydrogens is 303 g/mol. The summed E-state index contributed by atoms with van der Waals surface area (Å²) in [6.07, 6.45) is 0. The fraction of sp³-hybridized carbons (Fsp3) is 0.889. The van der Waals surface area contributed by atoms with Crippen molar-refractivity contribution < 1.29 is 0 Å². The molecule has 0 aromatic rings. The van der Waals surface area contributed by atoms with Gasteiger partial charge in [0.2, 0.25) is 0 Å². The molecule has 0 amide bonds. The Morgan fingerprint density at radius 3 is 1.00 bits per heavy atom. The lowest BCUT2D eigenvalue weighted by Crippen LogP contribution is -2.59. The van der Waals surface area contributed by atoms with Gasteiger partial charge in [-0.15, -0.1) is 8.58 Å². The maximum Gasteiger partial charge on any atom is 0.103 e. The summed E-state index contributed by atoms with van der Waals surface area (Å²) in [6.45, 7) is 17.1. The predicted octanol–water partition coefficient (Wildman–Crippen LogP) is 3.47. The van der Waals surface area contributed by atoms with Gasteiger partial charge in [0.1, 0.15) is 12.1 Å². The second kappa shape index (κ2) is 8.43. The topological polar surface area (TPSA) is 99.6 Å². The zero-order chi connectivity index (χ0) is 18.6. The number of hydrogen-bond acceptors (Lipinski definition) is 4. The molecule has 2 atom stereocenters. The van der Waals surface area contributed by atoms with E-state index in [9.17, 15) is 10.5 Å². The fourth-order valence-electron chi connectivity index (χ4n) is 4.09. The summed E-state index contributed by atoms with van der Waals surface area (Å²) in [5.74, 6) is 0.938. The number of hydrogen-bond donors (Lipinski definition) is 2. The summed E-state index contributed by atoms with van der Waals surface area (Å²) in [4.78, 5) is 0. The summed E-state index contributed by atoms with van der Waals surface area (Å²) in [7, 11) is 0.356. The first-order valence-corrected chi connectivity index (χ1v) is 9.54. The largest absolute Gasteiger partial charge is 0.315 e. The summed E-state index contributed by atoms with van der Waals surface area (Å²) < 4.78 is 0. The number of rotatable bonds is 8. The molecule has 4 N–H and O–H groups in total. The van der Waals surface area contributed by atoms with E-state index < -0.39 is 12.1 Å². The van der Waals surface area contributed by atoms with E-state index in [1.165, 1.54) is 0 Å². The fourth-order valence-corrected chi connectivity index (χ4v) is 6.44. The SMILES string of the molecule is CC(C)C(PC(C(C)C)(C(C)C)C(N)C#N)(C(C)C)C(N)C#N. The van der Waals surface area contributed by atoms with Gasteiger partial charge in [0.15, 0.2) is 0 Å². The monoisotopic (exact) mass is 338 g/mol. The second-order valence-corrected chi connectivity index (χ2v) is 9.81. The van der Waals surface area contributed by atoms with Crippen LogP contribution in [-0.4, -0.2) is 22.4 Å². The highest BCUT2D eigenvalue weighted by atomic mass is 31.1. The Kier molecular flexibility index (Phi) is 8.19. The minimum absolute atomic E-state index is 0.234. The van der Waals surface area contributed by atoms with Crippen LogP contribution in [0.2, 0.25) is 0 Å². The van der Waals surface area contributed by atoms with E-state index in [1.807, 2.05) is 0 Å². The van der Waals surface area contributed by atoms with Crippen LogP contribution < -0.4 is 11.5 Å². The van der Waals surface area contributed by atoms with Crippen molar-refractivity contribution in [2.45, 2.75) is 77.8 Å². The Balaban J connectivity index is 6.41. The third-order valence-corrected chi connectivity index (χ3v) is 9.36. The molecule has 0 heterocycles. The van der Waals surface area contributed by atoms with Crippen LogP contribution in [-0.2, 0) is 0 Å². The smallest absolute Gasteiger partial charge is 0.103 e. The molecule has 0 aliphatic rings. The van der Waals surface area contributed by atoms with Gasteiger partial charge in [-0.3, -0.25) is 0 Å². The van der Waals surface area contributed by atoms with E-state index in [4.69, 9.17) is 11.5 Å². The van der Waals surface area contributed by atoms with Crippen molar-refractivity contribution in [3.05, 3.63) is 0 Å². The molecule has 0 spiro atoms. The van der Waals surface area contributed by atoms with Crippen LogP contribution in [0.5, 0.6) is 0 Å². The van der Waals surface area contributed by atoms with E-state index in [1.54, 1.807) is 0 Å². The van der Waals surface area contributed by atoms with E-state index in [0.29, 0.717) is 8.58 Å². The van der Waals surface area contributed by atoms with E-state index in [2.05, 4.69) is 67.5 Å². The molecule has 2 unspecified atom stereocenters. The molecule has 4 nitrogen and oxygen atoms in total. The Morgan fingerprint density at radius 2 is 0.870 bits per heavy atom. The Morgan fingerprint density at radius 1 is 0.652 bits per heavy atom. The molecule has 0 saturated heterocycles. The average Bonchev–Trinajstić information content (AvgIpc) is 2.45. The van der Waals surface area contributed by atoms with Crippen molar-refractivity contribution in [3.8, 4) is 12.1 Å². The lowest BCUT2D eigenvalue weighted by Gasteiger charge is -2.54. The van der Waals surface area contributed by atoms with Gasteiger partial charge >= 0.3 is 0 Å². The predicted molar refractivity (Wildman–Crippen MR) is 100 cm³/mol. The molecule has 0 aromatic carbocycles. The number of nitriles is 2. The third-order valence-electron chi connectivity index (χ3n) is 5.56. The van der Waals surface area contributed by atoms with Gasteiger partial charge in [0.25, 0.3) is 0 Å². The van der Waals surface area contributed by atoms with Crippen molar-refractivity contribution in [2.75, 3.05) is 0 Å². The highest BCUT2D eigenvalue weighted by Gasteiger charge is 2.53. The Labute approximate surface area is 144 Å². The molecule has 0 saturated carbocycles. The molecule has 0 fully saturated rings. The first-order valence-electron chi connectivity index (χ1n) is 8.54. The Bertz CT molecular complexity index is 399. The normalized spacial score (nSPS) is 16.3. The molecule has 0 aliphatic heterocycles. The highest BCUT2D eigenvalue weighted by molar-refractivity contribution is 7.42. The Hall–Kier alpha value is -0.670. The van der Waals surface area contributed by atoms with Crippen molar-refractivity contribution in [2.24, 2.45) is 35.1 Å². The van der Waals surface area contributed by atoms with Crippen molar-refractivity contribution in [1.29, 1.82) is 10.5 Å². The van der Waals surface area contributed by atoms with Gasteiger partial charge in [0, 0.05) is 10.3 Å². The molecule has 0 bridgehead atoms. The van der Waals surface area contributed by atoms with Crippen LogP contribution in [0.15, 0.2) is 0 Å². The maximum absolute atomic E-state index is 9.57. The molecule has 23 heavy (non-hydrogen) atoms. The van der Waals surface area contributed by atoms with Gasteiger partial charge < -0.3 is 11.5 Å². The second-order valence-electron chi connectivity index (χ2n) is 7.82. The van der Waals surface area contributed by atoms with Crippen molar-refractivity contribution in [3.63, 3.8) is 0 Å². The molecule has 5 heteroatoms. The van der Waals surface area contributed by atoms with Gasteiger partial charge in [-0.2, -0.15) is 10.5 Å². The summed E-state index contributed by atoms with van der Waals surface area (Å²) >= 11 is 0. The quantitative estimate of drug-likeness (QED) is 0.662. The molecule has 0 rings (SSSR count). The summed E-state index contributed by atoms with van der Waals surface area (Å²) in [5.41, 5.74) is 12.7. The first kappa shape index (κ1) is 22.3. The first-order chi connectivity index (χ1) is 10.4. The van der Waals surface area contributed by atoms with Crippen LogP contribution in [0, 0.1) is 46.3 Å². The van der Waals surface area contributed by atoms with Crippen LogP contribution in [0.25, 0.3) is 0 Å². The number of nitrogens with two attached hydrogens (primary N) is 2. The minimum atomic E-state index is -0.566. The molecule has 0 aliphatic carbocycles. The van der Waals surface area contributed by atoms with Crippen LogP contribution in [0.4, 0.5) is 0 Å². The van der Waals surface area contributed by atoms with Crippen molar-refractivity contribution in [1.82, 2.24) is 0 Å². The minimum Gasteiger partial charge on any atom is -0.315 e. The average molecular weight is 338 g/mol. The zero-order valence-electron chi connectivity index (χ0n) is 16.0. The van der Waals surface area contributed by atoms with E-state index >= 15 is 0 Å². The van der Waals surface area contributed by atoms with E-state index in [0.717, 1.165) is 0 Å². The van der Waals surface area contributed by atoms with Crippen LogP contribution in [0.3, 0.4) is 0 Å². The molecular formula is C18H35N4P. The van der Waals surface area contributed by atoms with Gasteiger partial charge in [-0.05, 0) is 23.7 Å². The summed E-state index contributed by atoms with van der Waals surface area (Å²) in [6, 6.07) is 3.44.